The van der Waals surface area contributed by atoms with Gasteiger partial charge in [-0.25, -0.2) is 9.97 Å². The third kappa shape index (κ3) is 3.07. The van der Waals surface area contributed by atoms with Crippen molar-refractivity contribution < 1.29 is 0 Å². The highest BCUT2D eigenvalue weighted by Gasteiger charge is 2.07. The highest BCUT2D eigenvalue weighted by molar-refractivity contribution is 14.1. The summed E-state index contributed by atoms with van der Waals surface area (Å²) in [6.07, 6.45) is 2.27. The highest BCUT2D eigenvalue weighted by atomic mass is 127. The fourth-order valence-electron chi connectivity index (χ4n) is 1.48. The van der Waals surface area contributed by atoms with Crippen molar-refractivity contribution in [2.75, 3.05) is 5.32 Å². The van der Waals surface area contributed by atoms with Crippen molar-refractivity contribution in [3.8, 4) is 0 Å². The first-order chi connectivity index (χ1) is 8.20. The van der Waals surface area contributed by atoms with Crippen molar-refractivity contribution in [3.05, 3.63) is 44.9 Å². The van der Waals surface area contributed by atoms with Crippen LogP contribution in [0.15, 0.2) is 30.6 Å². The van der Waals surface area contributed by atoms with Gasteiger partial charge >= 0.3 is 0 Å². The molecule has 0 spiro atoms. The van der Waals surface area contributed by atoms with Gasteiger partial charge in [-0.1, -0.05) is 18.5 Å². The topological polar surface area (TPSA) is 37.8 Å². The molecule has 0 amide bonds. The van der Waals surface area contributed by atoms with Crippen LogP contribution >= 0.6 is 34.2 Å². The summed E-state index contributed by atoms with van der Waals surface area (Å²) < 4.78 is 1.20. The largest absolute Gasteiger partial charge is 0.340 e. The minimum atomic E-state index is 0.510. The summed E-state index contributed by atoms with van der Waals surface area (Å²) in [6.45, 7) is 2.03. The van der Waals surface area contributed by atoms with Crippen molar-refractivity contribution in [3.63, 3.8) is 0 Å². The first kappa shape index (κ1) is 12.6. The van der Waals surface area contributed by atoms with Gasteiger partial charge in [-0.3, -0.25) is 0 Å². The first-order valence-electron chi connectivity index (χ1n) is 5.22. The van der Waals surface area contributed by atoms with E-state index in [0.29, 0.717) is 5.15 Å². The van der Waals surface area contributed by atoms with Crippen LogP contribution in [0.3, 0.4) is 0 Å². The van der Waals surface area contributed by atoms with E-state index >= 15 is 0 Å². The third-order valence-electron chi connectivity index (χ3n) is 2.35. The predicted molar refractivity (Wildman–Crippen MR) is 78.9 cm³/mol. The molecular formula is C12H11ClIN3. The van der Waals surface area contributed by atoms with E-state index in [1.807, 2.05) is 31.2 Å². The zero-order valence-electron chi connectivity index (χ0n) is 9.24. The Labute approximate surface area is 119 Å². The zero-order valence-corrected chi connectivity index (χ0v) is 12.2. The number of hydrogen-bond acceptors (Lipinski definition) is 3. The van der Waals surface area contributed by atoms with Gasteiger partial charge in [0, 0.05) is 14.8 Å². The average Bonchev–Trinajstić information content (AvgIpc) is 2.32. The zero-order chi connectivity index (χ0) is 12.3. The Morgan fingerprint density at radius 2 is 1.94 bits per heavy atom. The number of benzene rings is 1. The van der Waals surface area contributed by atoms with Gasteiger partial charge in [-0.15, -0.1) is 0 Å². The molecule has 5 heteroatoms. The SMILES string of the molecule is CCc1c(Cl)ncnc1Nc1ccc(I)cc1. The molecule has 1 N–H and O–H groups in total. The molecule has 17 heavy (non-hydrogen) atoms. The molecular weight excluding hydrogens is 349 g/mol. The van der Waals surface area contributed by atoms with E-state index in [0.717, 1.165) is 23.5 Å². The first-order valence-corrected chi connectivity index (χ1v) is 6.68. The van der Waals surface area contributed by atoms with Crippen LogP contribution in [0.25, 0.3) is 0 Å². The van der Waals surface area contributed by atoms with Gasteiger partial charge in [0.15, 0.2) is 0 Å². The smallest absolute Gasteiger partial charge is 0.138 e. The van der Waals surface area contributed by atoms with Crippen molar-refractivity contribution >= 4 is 45.7 Å². The molecule has 0 radical (unpaired) electrons. The van der Waals surface area contributed by atoms with Crippen molar-refractivity contribution in [1.82, 2.24) is 9.97 Å². The van der Waals surface area contributed by atoms with Gasteiger partial charge in [0.1, 0.15) is 17.3 Å². The van der Waals surface area contributed by atoms with Gasteiger partial charge in [0.25, 0.3) is 0 Å². The maximum Gasteiger partial charge on any atom is 0.138 e. The molecule has 3 nitrogen and oxygen atoms in total. The van der Waals surface area contributed by atoms with Crippen molar-refractivity contribution in [2.45, 2.75) is 13.3 Å². The highest BCUT2D eigenvalue weighted by Crippen LogP contribution is 2.23. The molecule has 0 unspecified atom stereocenters. The van der Waals surface area contributed by atoms with Gasteiger partial charge in [-0.2, -0.15) is 0 Å². The van der Waals surface area contributed by atoms with E-state index < -0.39 is 0 Å². The van der Waals surface area contributed by atoms with E-state index in [1.54, 1.807) is 0 Å². The Kier molecular flexibility index (Phi) is 4.17. The average molecular weight is 360 g/mol. The maximum absolute atomic E-state index is 6.03. The minimum absolute atomic E-state index is 0.510. The van der Waals surface area contributed by atoms with Crippen LogP contribution in [-0.2, 0) is 6.42 Å². The summed E-state index contributed by atoms with van der Waals surface area (Å²) >= 11 is 8.30. The lowest BCUT2D eigenvalue weighted by molar-refractivity contribution is 1.05. The molecule has 0 aliphatic heterocycles. The van der Waals surface area contributed by atoms with Crippen LogP contribution in [0.5, 0.6) is 0 Å². The molecule has 0 aliphatic rings. The lowest BCUT2D eigenvalue weighted by Crippen LogP contribution is -2.00. The Balaban J connectivity index is 2.29. The predicted octanol–water partition coefficient (Wildman–Crippen LogP) is 4.04. The second-order valence-electron chi connectivity index (χ2n) is 3.48. The second kappa shape index (κ2) is 5.64. The number of halogens is 2. The molecule has 2 rings (SSSR count). The number of rotatable bonds is 3. The van der Waals surface area contributed by atoms with E-state index in [9.17, 15) is 0 Å². The van der Waals surface area contributed by atoms with Gasteiger partial charge in [0.05, 0.1) is 0 Å². The summed E-state index contributed by atoms with van der Waals surface area (Å²) in [5.74, 6) is 0.772. The second-order valence-corrected chi connectivity index (χ2v) is 5.08. The third-order valence-corrected chi connectivity index (χ3v) is 3.40. The van der Waals surface area contributed by atoms with E-state index in [4.69, 9.17) is 11.6 Å². The Morgan fingerprint density at radius 3 is 2.59 bits per heavy atom. The van der Waals surface area contributed by atoms with Crippen LogP contribution < -0.4 is 5.32 Å². The monoisotopic (exact) mass is 359 g/mol. The molecule has 0 saturated carbocycles. The molecule has 0 bridgehead atoms. The summed E-state index contributed by atoms with van der Waals surface area (Å²) in [6, 6.07) is 8.10. The molecule has 0 aliphatic carbocycles. The van der Waals surface area contributed by atoms with Crippen molar-refractivity contribution in [2.24, 2.45) is 0 Å². The van der Waals surface area contributed by atoms with Gasteiger partial charge in [0.2, 0.25) is 0 Å². The molecule has 0 atom stereocenters. The number of nitrogens with zero attached hydrogens (tertiary/aromatic N) is 2. The number of anilines is 2. The fourth-order valence-corrected chi connectivity index (χ4v) is 2.11. The summed E-state index contributed by atoms with van der Waals surface area (Å²) in [7, 11) is 0. The van der Waals surface area contributed by atoms with Crippen LogP contribution in [0.1, 0.15) is 12.5 Å². The lowest BCUT2D eigenvalue weighted by Gasteiger charge is -2.10. The van der Waals surface area contributed by atoms with Crippen LogP contribution in [0, 0.1) is 3.57 Å². The molecule has 0 fully saturated rings. The molecule has 1 aromatic heterocycles. The maximum atomic E-state index is 6.03. The molecule has 2 aromatic rings. The Hall–Kier alpha value is -0.880. The molecule has 88 valence electrons. The summed E-state index contributed by atoms with van der Waals surface area (Å²) in [5.41, 5.74) is 1.93. The van der Waals surface area contributed by atoms with Crippen LogP contribution in [0.2, 0.25) is 5.15 Å². The summed E-state index contributed by atoms with van der Waals surface area (Å²) in [4.78, 5) is 8.20. The molecule has 1 aromatic carbocycles. The van der Waals surface area contributed by atoms with E-state index in [-0.39, 0.29) is 0 Å². The van der Waals surface area contributed by atoms with Crippen molar-refractivity contribution in [1.29, 1.82) is 0 Å². The number of hydrogen-bond donors (Lipinski definition) is 1. The molecule has 1 heterocycles. The normalized spacial score (nSPS) is 10.3. The van der Waals surface area contributed by atoms with Gasteiger partial charge in [-0.05, 0) is 53.3 Å². The summed E-state index contributed by atoms with van der Waals surface area (Å²) in [5, 5.41) is 3.76. The minimum Gasteiger partial charge on any atom is -0.340 e. The van der Waals surface area contributed by atoms with Crippen LogP contribution in [0.4, 0.5) is 11.5 Å². The van der Waals surface area contributed by atoms with Crippen LogP contribution in [-0.4, -0.2) is 9.97 Å². The Morgan fingerprint density at radius 1 is 1.24 bits per heavy atom. The number of aromatic nitrogens is 2. The van der Waals surface area contributed by atoms with E-state index in [1.165, 1.54) is 9.90 Å². The quantitative estimate of drug-likeness (QED) is 0.664. The molecule has 0 saturated heterocycles. The van der Waals surface area contributed by atoms with Gasteiger partial charge < -0.3 is 5.32 Å². The lowest BCUT2D eigenvalue weighted by atomic mass is 10.2. The van der Waals surface area contributed by atoms with E-state index in [2.05, 4.69) is 37.9 Å². The number of nitrogens with one attached hydrogen (secondary N) is 1. The Bertz CT molecular complexity index is 514. The fraction of sp³-hybridized carbons (Fsp3) is 0.167. The standard InChI is InChI=1S/C12H11ClIN3/c1-2-10-11(13)15-7-16-12(10)17-9-5-3-8(14)4-6-9/h3-7H,2H2,1H3,(H,15,16,17).